The number of nitrogens with one attached hydrogen (secondary N) is 1. The molecular weight excluding hydrogens is 206 g/mol. The zero-order valence-corrected chi connectivity index (χ0v) is 10.2. The Bertz CT molecular complexity index is 313. The Morgan fingerprint density at radius 1 is 1.33 bits per heavy atom. The second-order valence-electron chi connectivity index (χ2n) is 4.87. The third kappa shape index (κ3) is 2.84. The largest absolute Gasteiger partial charge is 0.383 e. The van der Waals surface area contributed by atoms with Crippen LogP contribution in [-0.4, -0.2) is 10.4 Å². The van der Waals surface area contributed by atoms with Gasteiger partial charge in [-0.15, -0.1) is 0 Å². The summed E-state index contributed by atoms with van der Waals surface area (Å²) in [6.07, 6.45) is 3.90. The molecule has 1 aromatic rings. The second-order valence-corrected chi connectivity index (χ2v) is 5.68. The molecule has 15 heavy (non-hydrogen) atoms. The number of nitrogens with two attached hydrogens (primary N) is 1. The van der Waals surface area contributed by atoms with Gasteiger partial charge in [-0.05, 0) is 42.6 Å². The van der Waals surface area contributed by atoms with E-state index >= 15 is 0 Å². The van der Waals surface area contributed by atoms with Crippen LogP contribution in [0.3, 0.4) is 0 Å². The van der Waals surface area contributed by atoms with Crippen LogP contribution < -0.4 is 11.1 Å². The minimum atomic E-state index is 0.601. The molecule has 1 aliphatic carbocycles. The van der Waals surface area contributed by atoms with Gasteiger partial charge in [0.2, 0.25) is 0 Å². The molecule has 1 saturated carbocycles. The summed E-state index contributed by atoms with van der Waals surface area (Å²) in [5.74, 6) is 2.28. The lowest BCUT2D eigenvalue weighted by Gasteiger charge is -2.32. The Kier molecular flexibility index (Phi) is 3.14. The first-order valence-corrected chi connectivity index (χ1v) is 6.39. The first-order chi connectivity index (χ1) is 7.13. The SMILES string of the molecule is CC1CC(C)CC(Nc2cc(N)ns2)C1. The fraction of sp³-hybridized carbons (Fsp3) is 0.727. The third-order valence-electron chi connectivity index (χ3n) is 3.05. The molecule has 1 heterocycles. The van der Waals surface area contributed by atoms with Crippen molar-refractivity contribution in [3.05, 3.63) is 6.07 Å². The highest BCUT2D eigenvalue weighted by atomic mass is 32.1. The van der Waals surface area contributed by atoms with Crippen LogP contribution in [0, 0.1) is 11.8 Å². The molecule has 0 aromatic carbocycles. The van der Waals surface area contributed by atoms with Crippen LogP contribution in [0.4, 0.5) is 10.8 Å². The average molecular weight is 225 g/mol. The lowest BCUT2D eigenvalue weighted by molar-refractivity contribution is 0.281. The molecule has 2 unspecified atom stereocenters. The van der Waals surface area contributed by atoms with Crippen molar-refractivity contribution in [3.63, 3.8) is 0 Å². The molecule has 1 aliphatic rings. The molecule has 0 bridgehead atoms. The maximum atomic E-state index is 5.60. The van der Waals surface area contributed by atoms with E-state index in [2.05, 4.69) is 23.5 Å². The Morgan fingerprint density at radius 2 is 2.00 bits per heavy atom. The summed E-state index contributed by atoms with van der Waals surface area (Å²) in [5, 5.41) is 4.65. The van der Waals surface area contributed by atoms with E-state index in [1.54, 1.807) is 0 Å². The maximum absolute atomic E-state index is 5.60. The van der Waals surface area contributed by atoms with Crippen LogP contribution in [0.2, 0.25) is 0 Å². The van der Waals surface area contributed by atoms with Gasteiger partial charge in [-0.2, -0.15) is 4.37 Å². The smallest absolute Gasteiger partial charge is 0.139 e. The Morgan fingerprint density at radius 3 is 2.53 bits per heavy atom. The molecular formula is C11H19N3S. The van der Waals surface area contributed by atoms with Crippen molar-refractivity contribution in [1.29, 1.82) is 0 Å². The summed E-state index contributed by atoms with van der Waals surface area (Å²) in [5.41, 5.74) is 5.60. The lowest BCUT2D eigenvalue weighted by atomic mass is 9.80. The number of aromatic nitrogens is 1. The summed E-state index contributed by atoms with van der Waals surface area (Å²) in [6.45, 7) is 4.68. The standard InChI is InChI=1S/C11H19N3S/c1-7-3-8(2)5-9(4-7)13-11-6-10(12)14-15-11/h6-9,13H,3-5H2,1-2H3,(H2,12,14). The molecule has 2 atom stereocenters. The molecule has 1 fully saturated rings. The predicted molar refractivity (Wildman–Crippen MR) is 66.1 cm³/mol. The number of nitrogens with zero attached hydrogens (tertiary/aromatic N) is 1. The highest BCUT2D eigenvalue weighted by Crippen LogP contribution is 2.31. The van der Waals surface area contributed by atoms with Crippen molar-refractivity contribution in [2.45, 2.75) is 39.2 Å². The Balaban J connectivity index is 1.94. The van der Waals surface area contributed by atoms with Crippen molar-refractivity contribution in [1.82, 2.24) is 4.37 Å². The second kappa shape index (κ2) is 4.39. The van der Waals surface area contributed by atoms with Crippen LogP contribution in [0.15, 0.2) is 6.07 Å². The van der Waals surface area contributed by atoms with E-state index in [-0.39, 0.29) is 0 Å². The summed E-state index contributed by atoms with van der Waals surface area (Å²) in [6, 6.07) is 2.53. The van der Waals surface area contributed by atoms with Gasteiger partial charge in [0.25, 0.3) is 0 Å². The normalized spacial score (nSPS) is 31.5. The number of nitrogen functional groups attached to an aromatic ring is 1. The minimum Gasteiger partial charge on any atom is -0.383 e. The molecule has 2 rings (SSSR count). The van der Waals surface area contributed by atoms with Gasteiger partial charge in [0.1, 0.15) is 10.8 Å². The monoisotopic (exact) mass is 225 g/mol. The molecule has 0 amide bonds. The van der Waals surface area contributed by atoms with Crippen molar-refractivity contribution in [3.8, 4) is 0 Å². The highest BCUT2D eigenvalue weighted by Gasteiger charge is 2.23. The van der Waals surface area contributed by atoms with Crippen molar-refractivity contribution in [2.24, 2.45) is 11.8 Å². The summed E-state index contributed by atoms with van der Waals surface area (Å²) >= 11 is 1.46. The first kappa shape index (κ1) is 10.7. The van der Waals surface area contributed by atoms with Gasteiger partial charge in [-0.1, -0.05) is 13.8 Å². The summed E-state index contributed by atoms with van der Waals surface area (Å²) in [4.78, 5) is 0. The molecule has 0 spiro atoms. The predicted octanol–water partition coefficient (Wildman–Crippen LogP) is 2.96. The molecule has 0 aliphatic heterocycles. The molecule has 0 saturated heterocycles. The van der Waals surface area contributed by atoms with Gasteiger partial charge in [0.05, 0.1) is 0 Å². The summed E-state index contributed by atoms with van der Waals surface area (Å²) in [7, 11) is 0. The van der Waals surface area contributed by atoms with Crippen LogP contribution >= 0.6 is 11.5 Å². The molecule has 84 valence electrons. The van der Waals surface area contributed by atoms with Gasteiger partial charge in [-0.3, -0.25) is 0 Å². The minimum absolute atomic E-state index is 0.601. The quantitative estimate of drug-likeness (QED) is 0.813. The number of rotatable bonds is 2. The first-order valence-electron chi connectivity index (χ1n) is 5.62. The molecule has 3 nitrogen and oxygen atoms in total. The Labute approximate surface area is 95.2 Å². The van der Waals surface area contributed by atoms with E-state index in [9.17, 15) is 0 Å². The number of hydrogen-bond donors (Lipinski definition) is 2. The molecule has 0 radical (unpaired) electrons. The zero-order chi connectivity index (χ0) is 10.8. The lowest BCUT2D eigenvalue weighted by Crippen LogP contribution is -2.29. The van der Waals surface area contributed by atoms with Crippen LogP contribution in [0.5, 0.6) is 0 Å². The van der Waals surface area contributed by atoms with Crippen LogP contribution in [-0.2, 0) is 0 Å². The van der Waals surface area contributed by atoms with Crippen LogP contribution in [0.25, 0.3) is 0 Å². The number of anilines is 2. The fourth-order valence-corrected chi connectivity index (χ4v) is 3.27. The van der Waals surface area contributed by atoms with E-state index in [4.69, 9.17) is 5.73 Å². The van der Waals surface area contributed by atoms with Gasteiger partial charge in [0.15, 0.2) is 0 Å². The Hall–Kier alpha value is -0.770. The van der Waals surface area contributed by atoms with Crippen LogP contribution in [0.1, 0.15) is 33.1 Å². The number of hydrogen-bond acceptors (Lipinski definition) is 4. The molecule has 3 N–H and O–H groups in total. The summed E-state index contributed by atoms with van der Waals surface area (Å²) < 4.78 is 4.08. The maximum Gasteiger partial charge on any atom is 0.139 e. The van der Waals surface area contributed by atoms with E-state index < -0.39 is 0 Å². The van der Waals surface area contributed by atoms with Gasteiger partial charge < -0.3 is 11.1 Å². The van der Waals surface area contributed by atoms with Crippen molar-refractivity contribution in [2.75, 3.05) is 11.1 Å². The topological polar surface area (TPSA) is 50.9 Å². The van der Waals surface area contributed by atoms with E-state index in [1.807, 2.05) is 6.07 Å². The van der Waals surface area contributed by atoms with E-state index in [0.29, 0.717) is 11.9 Å². The van der Waals surface area contributed by atoms with Crippen molar-refractivity contribution >= 4 is 22.4 Å². The molecule has 1 aromatic heterocycles. The zero-order valence-electron chi connectivity index (χ0n) is 9.36. The van der Waals surface area contributed by atoms with Gasteiger partial charge >= 0.3 is 0 Å². The van der Waals surface area contributed by atoms with Gasteiger partial charge in [0, 0.05) is 12.1 Å². The van der Waals surface area contributed by atoms with Gasteiger partial charge in [-0.25, -0.2) is 0 Å². The van der Waals surface area contributed by atoms with E-state index in [1.165, 1.54) is 30.8 Å². The highest BCUT2D eigenvalue weighted by molar-refractivity contribution is 7.10. The van der Waals surface area contributed by atoms with Crippen molar-refractivity contribution < 1.29 is 0 Å². The van der Waals surface area contributed by atoms with E-state index in [0.717, 1.165) is 16.8 Å². The third-order valence-corrected chi connectivity index (χ3v) is 3.79. The fourth-order valence-electron chi connectivity index (χ4n) is 2.62. The average Bonchev–Trinajstić information content (AvgIpc) is 2.49. The molecule has 4 heteroatoms.